The van der Waals surface area contributed by atoms with E-state index in [4.69, 9.17) is 23.4 Å². The third kappa shape index (κ3) is 4.82. The van der Waals surface area contributed by atoms with Crippen molar-refractivity contribution in [3.8, 4) is 17.2 Å². The fourth-order valence-electron chi connectivity index (χ4n) is 4.27. The van der Waals surface area contributed by atoms with E-state index >= 15 is 0 Å². The maximum absolute atomic E-state index is 12.7. The molecule has 1 saturated heterocycles. The first kappa shape index (κ1) is 24.6. The number of hydrogen-bond acceptors (Lipinski definition) is 8. The zero-order chi connectivity index (χ0) is 25.3. The lowest BCUT2D eigenvalue weighted by atomic mass is 9.94. The number of rotatable bonds is 6. The van der Waals surface area contributed by atoms with Gasteiger partial charge in [0.15, 0.2) is 11.4 Å². The molecule has 1 fully saturated rings. The van der Waals surface area contributed by atoms with Gasteiger partial charge in [0.25, 0.3) is 5.91 Å². The molecule has 35 heavy (non-hydrogen) atoms. The van der Waals surface area contributed by atoms with Crippen LogP contribution in [0.5, 0.6) is 17.2 Å². The number of benzene rings is 2. The van der Waals surface area contributed by atoms with Crippen molar-refractivity contribution >= 4 is 22.6 Å². The molecule has 2 atom stereocenters. The summed E-state index contributed by atoms with van der Waals surface area (Å²) in [5, 5.41) is 13.5. The van der Waals surface area contributed by atoms with Crippen LogP contribution in [-0.4, -0.2) is 43.2 Å². The van der Waals surface area contributed by atoms with E-state index in [9.17, 15) is 14.7 Å². The number of aryl methyl sites for hydroxylation is 1. The molecular formula is C26H29NO8. The standard InChI is InChI=1S/C26H29NO8/c1-14-18(33-20-13-12-19(32-5)26(2,3)35-20)11-10-17-22(28)21(25(30)34-23(14)17)27-24(29)15-6-8-16(31-4)9-7-15/h6-11,19-20,28H,12-13H2,1-5H3,(H,27,29)/t19-,20-/m1/s1. The average molecular weight is 484 g/mol. The highest BCUT2D eigenvalue weighted by atomic mass is 16.7. The van der Waals surface area contributed by atoms with Gasteiger partial charge in [-0.2, -0.15) is 0 Å². The molecule has 1 aliphatic heterocycles. The van der Waals surface area contributed by atoms with Gasteiger partial charge in [0.1, 0.15) is 17.1 Å². The molecule has 3 aromatic rings. The van der Waals surface area contributed by atoms with E-state index in [0.717, 1.165) is 6.42 Å². The van der Waals surface area contributed by atoms with Gasteiger partial charge < -0.3 is 33.8 Å². The van der Waals surface area contributed by atoms with Crippen molar-refractivity contribution < 1.29 is 33.3 Å². The van der Waals surface area contributed by atoms with Crippen molar-refractivity contribution in [3.63, 3.8) is 0 Å². The minimum Gasteiger partial charge on any atom is -0.505 e. The number of amides is 1. The maximum atomic E-state index is 12.7. The van der Waals surface area contributed by atoms with Crippen LogP contribution >= 0.6 is 0 Å². The van der Waals surface area contributed by atoms with E-state index in [1.54, 1.807) is 50.4 Å². The first-order valence-corrected chi connectivity index (χ1v) is 11.3. The summed E-state index contributed by atoms with van der Waals surface area (Å²) < 4.78 is 28.2. The molecule has 9 nitrogen and oxygen atoms in total. The molecule has 4 rings (SSSR count). The zero-order valence-electron chi connectivity index (χ0n) is 20.3. The van der Waals surface area contributed by atoms with Crippen molar-refractivity contribution in [2.75, 3.05) is 19.5 Å². The Kier molecular flexibility index (Phi) is 6.73. The second-order valence-corrected chi connectivity index (χ2v) is 8.93. The predicted octanol–water partition coefficient (Wildman–Crippen LogP) is 4.38. The lowest BCUT2D eigenvalue weighted by Gasteiger charge is -2.41. The molecule has 0 spiro atoms. The number of anilines is 1. The second kappa shape index (κ2) is 9.59. The van der Waals surface area contributed by atoms with Crippen LogP contribution in [0, 0.1) is 6.92 Å². The van der Waals surface area contributed by atoms with Gasteiger partial charge in [-0.1, -0.05) is 0 Å². The molecule has 1 amide bonds. The SMILES string of the molecule is COc1ccc(C(=O)Nc2c(O)c3ccc(O[C@H]4CC[C@@H](OC)C(C)(C)O4)c(C)c3oc2=O)cc1. The Hall–Kier alpha value is -3.56. The zero-order valence-corrected chi connectivity index (χ0v) is 20.3. The molecule has 2 aromatic carbocycles. The summed E-state index contributed by atoms with van der Waals surface area (Å²) >= 11 is 0. The topological polar surface area (TPSA) is 116 Å². The van der Waals surface area contributed by atoms with Crippen LogP contribution in [0.4, 0.5) is 5.69 Å². The number of fused-ring (bicyclic) bond motifs is 1. The maximum Gasteiger partial charge on any atom is 0.364 e. The molecule has 0 radical (unpaired) electrons. The summed E-state index contributed by atoms with van der Waals surface area (Å²) in [5.41, 5.74) is -0.764. The van der Waals surface area contributed by atoms with E-state index in [0.29, 0.717) is 23.5 Å². The first-order chi connectivity index (χ1) is 16.6. The van der Waals surface area contributed by atoms with Crippen LogP contribution in [-0.2, 0) is 9.47 Å². The van der Waals surface area contributed by atoms with Crippen LogP contribution in [0.2, 0.25) is 0 Å². The highest BCUT2D eigenvalue weighted by Crippen LogP contribution is 2.37. The van der Waals surface area contributed by atoms with Gasteiger partial charge in [0.2, 0.25) is 6.29 Å². The van der Waals surface area contributed by atoms with E-state index < -0.39 is 23.4 Å². The van der Waals surface area contributed by atoms with E-state index in [1.807, 2.05) is 13.8 Å². The first-order valence-electron chi connectivity index (χ1n) is 11.3. The van der Waals surface area contributed by atoms with Gasteiger partial charge >= 0.3 is 5.63 Å². The second-order valence-electron chi connectivity index (χ2n) is 8.93. The minimum atomic E-state index is -0.880. The summed E-state index contributed by atoms with van der Waals surface area (Å²) in [6.07, 6.45) is 0.858. The highest BCUT2D eigenvalue weighted by molar-refractivity contribution is 6.06. The molecule has 2 N–H and O–H groups in total. The molecule has 2 heterocycles. The fraction of sp³-hybridized carbons (Fsp3) is 0.385. The molecule has 0 aliphatic carbocycles. The van der Waals surface area contributed by atoms with Crippen molar-refractivity contribution in [2.45, 2.75) is 51.6 Å². The normalized spacial score (nSPS) is 19.3. The van der Waals surface area contributed by atoms with Crippen LogP contribution in [0.25, 0.3) is 11.0 Å². The molecule has 0 unspecified atom stereocenters. The molecule has 1 aromatic heterocycles. The largest absolute Gasteiger partial charge is 0.505 e. The van der Waals surface area contributed by atoms with Crippen molar-refractivity contribution in [1.82, 2.24) is 0 Å². The summed E-state index contributed by atoms with van der Waals surface area (Å²) in [5.74, 6) is 0.0963. The third-order valence-electron chi connectivity index (χ3n) is 6.26. The molecule has 0 saturated carbocycles. The Morgan fingerprint density at radius 2 is 1.83 bits per heavy atom. The van der Waals surface area contributed by atoms with Gasteiger partial charge in [-0.25, -0.2) is 4.79 Å². The number of nitrogens with one attached hydrogen (secondary N) is 1. The highest BCUT2D eigenvalue weighted by Gasteiger charge is 2.39. The van der Waals surface area contributed by atoms with Gasteiger partial charge in [-0.3, -0.25) is 4.79 Å². The van der Waals surface area contributed by atoms with Crippen LogP contribution in [0.1, 0.15) is 42.6 Å². The lowest BCUT2D eigenvalue weighted by molar-refractivity contribution is -0.233. The van der Waals surface area contributed by atoms with Gasteiger partial charge in [0, 0.05) is 24.7 Å². The summed E-state index contributed by atoms with van der Waals surface area (Å²) in [4.78, 5) is 25.3. The minimum absolute atomic E-state index is 0.0402. The molecule has 9 heteroatoms. The van der Waals surface area contributed by atoms with Crippen LogP contribution in [0.15, 0.2) is 45.6 Å². The quantitative estimate of drug-likeness (QED) is 0.496. The summed E-state index contributed by atoms with van der Waals surface area (Å²) in [7, 11) is 3.18. The number of hydrogen-bond donors (Lipinski definition) is 2. The number of ether oxygens (including phenoxy) is 4. The molecular weight excluding hydrogens is 454 g/mol. The third-order valence-corrected chi connectivity index (χ3v) is 6.26. The number of methoxy groups -OCH3 is 2. The number of aromatic hydroxyl groups is 1. The van der Waals surface area contributed by atoms with Crippen molar-refractivity contribution in [2.24, 2.45) is 0 Å². The van der Waals surface area contributed by atoms with Gasteiger partial charge in [-0.05, 0) is 63.6 Å². The Balaban J connectivity index is 1.59. The molecule has 1 aliphatic rings. The van der Waals surface area contributed by atoms with E-state index in [2.05, 4.69) is 5.32 Å². The van der Waals surface area contributed by atoms with E-state index in [1.165, 1.54) is 7.11 Å². The summed E-state index contributed by atoms with van der Waals surface area (Å²) in [6, 6.07) is 9.58. The average Bonchev–Trinajstić information content (AvgIpc) is 2.83. The van der Waals surface area contributed by atoms with E-state index in [-0.39, 0.29) is 34.1 Å². The number of carbonyl (C=O) groups excluding carboxylic acids is 1. The Bertz CT molecular complexity index is 1300. The fourth-order valence-corrected chi connectivity index (χ4v) is 4.27. The van der Waals surface area contributed by atoms with Crippen molar-refractivity contribution in [1.29, 1.82) is 0 Å². The summed E-state index contributed by atoms with van der Waals surface area (Å²) in [6.45, 7) is 5.62. The van der Waals surface area contributed by atoms with Crippen LogP contribution < -0.4 is 20.4 Å². The lowest BCUT2D eigenvalue weighted by Crippen LogP contribution is -2.49. The monoisotopic (exact) mass is 483 g/mol. The number of carbonyl (C=O) groups is 1. The smallest absolute Gasteiger partial charge is 0.364 e. The van der Waals surface area contributed by atoms with Crippen LogP contribution in [0.3, 0.4) is 0 Å². The van der Waals surface area contributed by atoms with Crippen molar-refractivity contribution in [3.05, 3.63) is 57.9 Å². The Morgan fingerprint density at radius 1 is 1.11 bits per heavy atom. The van der Waals surface area contributed by atoms with Gasteiger partial charge in [-0.15, -0.1) is 0 Å². The molecule has 186 valence electrons. The van der Waals surface area contributed by atoms with Gasteiger partial charge in [0.05, 0.1) is 24.2 Å². The molecule has 0 bridgehead atoms. The predicted molar refractivity (Wildman–Crippen MR) is 129 cm³/mol. The Morgan fingerprint density at radius 3 is 2.46 bits per heavy atom. The Labute approximate surface area is 202 Å².